The molecule has 4 heteroatoms. The molecule has 2 unspecified atom stereocenters. The first-order valence-electron chi connectivity index (χ1n) is 8.29. The average molecular weight is 304 g/mol. The summed E-state index contributed by atoms with van der Waals surface area (Å²) < 4.78 is 0. The molecule has 0 spiro atoms. The number of carbonyl (C=O) groups excluding carboxylic acids is 1. The third-order valence-corrected chi connectivity index (χ3v) is 4.63. The lowest BCUT2D eigenvalue weighted by molar-refractivity contribution is -0.136. The van der Waals surface area contributed by atoms with Crippen molar-refractivity contribution in [2.75, 3.05) is 26.7 Å². The predicted molar refractivity (Wildman–Crippen MR) is 88.5 cm³/mol. The summed E-state index contributed by atoms with van der Waals surface area (Å²) in [6.07, 6.45) is 4.08. The van der Waals surface area contributed by atoms with E-state index in [-0.39, 0.29) is 18.6 Å². The van der Waals surface area contributed by atoms with Crippen LogP contribution in [0, 0.1) is 0 Å². The average Bonchev–Trinajstić information content (AvgIpc) is 2.53. The van der Waals surface area contributed by atoms with Crippen molar-refractivity contribution in [3.8, 4) is 0 Å². The molecule has 1 fully saturated rings. The predicted octanol–water partition coefficient (Wildman–Crippen LogP) is 2.44. The summed E-state index contributed by atoms with van der Waals surface area (Å²) >= 11 is 0. The molecule has 1 aromatic rings. The second kappa shape index (κ2) is 8.30. The molecule has 0 saturated carbocycles. The minimum Gasteiger partial charge on any atom is -0.396 e. The van der Waals surface area contributed by atoms with Gasteiger partial charge < -0.3 is 10.0 Å². The Morgan fingerprint density at radius 2 is 2.09 bits per heavy atom. The van der Waals surface area contributed by atoms with Crippen molar-refractivity contribution < 1.29 is 9.90 Å². The molecule has 0 bridgehead atoms. The Morgan fingerprint density at radius 1 is 1.36 bits per heavy atom. The Morgan fingerprint density at radius 3 is 2.73 bits per heavy atom. The topological polar surface area (TPSA) is 43.8 Å². The maximum Gasteiger partial charge on any atom is 0.236 e. The molecule has 0 aliphatic carbocycles. The normalized spacial score (nSPS) is 20.2. The van der Waals surface area contributed by atoms with Crippen LogP contribution >= 0.6 is 0 Å². The minimum absolute atomic E-state index is 0.0789. The highest BCUT2D eigenvalue weighted by Crippen LogP contribution is 2.23. The van der Waals surface area contributed by atoms with Crippen LogP contribution in [0.25, 0.3) is 0 Å². The van der Waals surface area contributed by atoms with Crippen LogP contribution in [0.2, 0.25) is 0 Å². The van der Waals surface area contributed by atoms with Crippen molar-refractivity contribution >= 4 is 5.91 Å². The van der Waals surface area contributed by atoms with E-state index in [9.17, 15) is 9.90 Å². The summed E-state index contributed by atoms with van der Waals surface area (Å²) in [5, 5.41) is 9.35. The number of aliphatic hydroxyl groups is 1. The van der Waals surface area contributed by atoms with Crippen molar-refractivity contribution in [2.45, 2.75) is 44.7 Å². The monoisotopic (exact) mass is 304 g/mol. The highest BCUT2D eigenvalue weighted by Gasteiger charge is 2.26. The summed E-state index contributed by atoms with van der Waals surface area (Å²) in [6, 6.07) is 10.5. The fourth-order valence-electron chi connectivity index (χ4n) is 3.32. The van der Waals surface area contributed by atoms with E-state index in [1.54, 1.807) is 0 Å². The quantitative estimate of drug-likeness (QED) is 0.878. The van der Waals surface area contributed by atoms with Gasteiger partial charge in [-0.2, -0.15) is 0 Å². The van der Waals surface area contributed by atoms with Gasteiger partial charge in [0.25, 0.3) is 0 Å². The zero-order chi connectivity index (χ0) is 15.9. The molecule has 1 saturated heterocycles. The molecule has 1 N–H and O–H groups in total. The Bertz CT molecular complexity index is 463. The number of nitrogens with zero attached hydrogens (tertiary/aromatic N) is 2. The smallest absolute Gasteiger partial charge is 0.236 e. The van der Waals surface area contributed by atoms with Crippen LogP contribution in [0.5, 0.6) is 0 Å². The molecular weight excluding hydrogens is 276 g/mol. The van der Waals surface area contributed by atoms with E-state index in [2.05, 4.69) is 24.0 Å². The zero-order valence-corrected chi connectivity index (χ0v) is 13.7. The number of likely N-dealkylation sites (N-methyl/N-ethyl adjacent to an activating group) is 1. The van der Waals surface area contributed by atoms with Crippen molar-refractivity contribution in [2.24, 2.45) is 0 Å². The largest absolute Gasteiger partial charge is 0.396 e. The summed E-state index contributed by atoms with van der Waals surface area (Å²) in [7, 11) is 1.97. The first-order valence-corrected chi connectivity index (χ1v) is 8.29. The Balaban J connectivity index is 2.01. The van der Waals surface area contributed by atoms with Gasteiger partial charge in [-0.25, -0.2) is 0 Å². The van der Waals surface area contributed by atoms with Gasteiger partial charge in [0.1, 0.15) is 0 Å². The highest BCUT2D eigenvalue weighted by molar-refractivity contribution is 5.78. The number of rotatable bonds is 6. The van der Waals surface area contributed by atoms with E-state index in [0.29, 0.717) is 19.0 Å². The summed E-state index contributed by atoms with van der Waals surface area (Å²) in [4.78, 5) is 16.7. The lowest BCUT2D eigenvalue weighted by Gasteiger charge is -2.36. The summed E-state index contributed by atoms with van der Waals surface area (Å²) in [6.45, 7) is 3.55. The van der Waals surface area contributed by atoms with Crippen LogP contribution in [-0.2, 0) is 4.79 Å². The third-order valence-electron chi connectivity index (χ3n) is 4.63. The summed E-state index contributed by atoms with van der Waals surface area (Å²) in [5.74, 6) is 0.202. The van der Waals surface area contributed by atoms with Crippen LogP contribution in [0.1, 0.15) is 44.2 Å². The SMILES string of the molecule is CC1CCCCN1C(=O)CN(C)C(CCO)c1ccccc1. The molecule has 1 amide bonds. The van der Waals surface area contributed by atoms with Crippen LogP contribution in [-0.4, -0.2) is 53.6 Å². The lowest BCUT2D eigenvalue weighted by Crippen LogP contribution is -2.46. The number of benzene rings is 1. The van der Waals surface area contributed by atoms with E-state index >= 15 is 0 Å². The first kappa shape index (κ1) is 17.0. The molecule has 122 valence electrons. The van der Waals surface area contributed by atoms with Gasteiger partial charge in [-0.1, -0.05) is 30.3 Å². The zero-order valence-electron chi connectivity index (χ0n) is 13.7. The van der Waals surface area contributed by atoms with Crippen LogP contribution < -0.4 is 0 Å². The molecule has 2 atom stereocenters. The number of carbonyl (C=O) groups is 1. The fraction of sp³-hybridized carbons (Fsp3) is 0.611. The number of hydrogen-bond acceptors (Lipinski definition) is 3. The number of amides is 1. The van der Waals surface area contributed by atoms with E-state index in [1.807, 2.05) is 30.1 Å². The van der Waals surface area contributed by atoms with Crippen LogP contribution in [0.3, 0.4) is 0 Å². The van der Waals surface area contributed by atoms with Gasteiger partial charge in [-0.05, 0) is 45.2 Å². The van der Waals surface area contributed by atoms with Crippen LogP contribution in [0.4, 0.5) is 0 Å². The molecule has 22 heavy (non-hydrogen) atoms. The molecule has 1 heterocycles. The highest BCUT2D eigenvalue weighted by atomic mass is 16.3. The van der Waals surface area contributed by atoms with Crippen molar-refractivity contribution in [3.63, 3.8) is 0 Å². The van der Waals surface area contributed by atoms with Crippen molar-refractivity contribution in [3.05, 3.63) is 35.9 Å². The second-order valence-corrected chi connectivity index (χ2v) is 6.29. The Hall–Kier alpha value is -1.39. The van der Waals surface area contributed by atoms with Gasteiger partial charge in [-0.3, -0.25) is 9.69 Å². The summed E-state index contributed by atoms with van der Waals surface area (Å²) in [5.41, 5.74) is 1.15. The molecule has 0 radical (unpaired) electrons. The Kier molecular flexibility index (Phi) is 6.40. The molecule has 0 aromatic heterocycles. The third kappa shape index (κ3) is 4.31. The van der Waals surface area contributed by atoms with Gasteiger partial charge in [0.2, 0.25) is 5.91 Å². The number of hydrogen-bond donors (Lipinski definition) is 1. The molecular formula is C18H28N2O2. The Labute approximate surface area is 133 Å². The van der Waals surface area contributed by atoms with E-state index in [4.69, 9.17) is 0 Å². The van der Waals surface area contributed by atoms with Crippen LogP contribution in [0.15, 0.2) is 30.3 Å². The maximum atomic E-state index is 12.6. The molecule has 4 nitrogen and oxygen atoms in total. The van der Waals surface area contributed by atoms with Gasteiger partial charge >= 0.3 is 0 Å². The van der Waals surface area contributed by atoms with E-state index in [1.165, 1.54) is 6.42 Å². The van der Waals surface area contributed by atoms with Gasteiger partial charge in [0.15, 0.2) is 0 Å². The fourth-order valence-corrected chi connectivity index (χ4v) is 3.32. The van der Waals surface area contributed by atoms with Gasteiger partial charge in [0, 0.05) is 25.2 Å². The van der Waals surface area contributed by atoms with E-state index < -0.39 is 0 Å². The standard InChI is InChI=1S/C18H28N2O2/c1-15-8-6-7-12-20(15)18(22)14-19(2)17(11-13-21)16-9-4-3-5-10-16/h3-5,9-10,15,17,21H,6-8,11-14H2,1-2H3. The lowest BCUT2D eigenvalue weighted by atomic mass is 10.0. The van der Waals surface area contributed by atoms with Crippen molar-refractivity contribution in [1.29, 1.82) is 0 Å². The number of piperidine rings is 1. The molecule has 2 rings (SSSR count). The molecule has 1 aliphatic rings. The number of likely N-dealkylation sites (tertiary alicyclic amines) is 1. The van der Waals surface area contributed by atoms with Gasteiger partial charge in [0.05, 0.1) is 6.54 Å². The maximum absolute atomic E-state index is 12.6. The second-order valence-electron chi connectivity index (χ2n) is 6.29. The molecule has 1 aromatic carbocycles. The van der Waals surface area contributed by atoms with Crippen molar-refractivity contribution in [1.82, 2.24) is 9.80 Å². The van der Waals surface area contributed by atoms with Gasteiger partial charge in [-0.15, -0.1) is 0 Å². The van der Waals surface area contributed by atoms with E-state index in [0.717, 1.165) is 24.9 Å². The number of aliphatic hydroxyl groups excluding tert-OH is 1. The molecule has 1 aliphatic heterocycles. The minimum atomic E-state index is 0.0789. The first-order chi connectivity index (χ1) is 10.6.